The molecule has 0 aliphatic heterocycles. The molecule has 0 radical (unpaired) electrons. The first-order valence-corrected chi connectivity index (χ1v) is 9.29. The van der Waals surface area contributed by atoms with E-state index in [-0.39, 0.29) is 10.6 Å². The first-order valence-electron chi connectivity index (χ1n) is 7.68. The lowest BCUT2D eigenvalue weighted by Gasteiger charge is -2.21. The largest absolute Gasteiger partial charge is 0.261 e. The van der Waals surface area contributed by atoms with Crippen molar-refractivity contribution >= 4 is 27.9 Å². The molecule has 2 aromatic rings. The fraction of sp³-hybridized carbons (Fsp3) is 0.471. The van der Waals surface area contributed by atoms with E-state index in [0.29, 0.717) is 6.04 Å². The zero-order valence-corrected chi connectivity index (χ0v) is 16.3. The molecule has 0 fully saturated rings. The maximum atomic E-state index is 13.1. The second kappa shape index (κ2) is 7.81. The van der Waals surface area contributed by atoms with Gasteiger partial charge in [0, 0.05) is 10.8 Å². The van der Waals surface area contributed by atoms with Gasteiger partial charge in [-0.25, -0.2) is 9.07 Å². The van der Waals surface area contributed by atoms with Crippen LogP contribution < -0.4 is 4.72 Å². The van der Waals surface area contributed by atoms with Gasteiger partial charge in [-0.05, 0) is 80.7 Å². The molecule has 23 heavy (non-hydrogen) atoms. The number of nitrogens with one attached hydrogen (secondary N) is 1. The third-order valence-corrected chi connectivity index (χ3v) is 5.06. The van der Waals surface area contributed by atoms with E-state index in [1.807, 2.05) is 4.68 Å². The average Bonchev–Trinajstić information content (AvgIpc) is 2.84. The molecule has 0 amide bonds. The van der Waals surface area contributed by atoms with Gasteiger partial charge >= 0.3 is 0 Å². The van der Waals surface area contributed by atoms with Crippen LogP contribution in [0.5, 0.6) is 0 Å². The maximum absolute atomic E-state index is 13.1. The molecule has 0 aliphatic carbocycles. The third kappa shape index (κ3) is 5.62. The normalized spacial score (nSPS) is 13.3. The van der Waals surface area contributed by atoms with Crippen molar-refractivity contribution in [1.29, 1.82) is 0 Å². The first-order chi connectivity index (χ1) is 10.8. The van der Waals surface area contributed by atoms with Crippen LogP contribution in [0.25, 0.3) is 5.69 Å². The highest BCUT2D eigenvalue weighted by molar-refractivity contribution is 9.10. The van der Waals surface area contributed by atoms with Crippen LogP contribution in [-0.4, -0.2) is 20.6 Å². The molecule has 6 heteroatoms. The number of halogens is 2. The van der Waals surface area contributed by atoms with Crippen molar-refractivity contribution in [3.05, 3.63) is 46.4 Å². The predicted molar refractivity (Wildman–Crippen MR) is 99.5 cm³/mol. The number of benzene rings is 1. The molecule has 2 rings (SSSR count). The van der Waals surface area contributed by atoms with Crippen molar-refractivity contribution in [1.82, 2.24) is 14.5 Å². The summed E-state index contributed by atoms with van der Waals surface area (Å²) in [5, 5.41) is 4.40. The molecule has 1 N–H and O–H groups in total. The van der Waals surface area contributed by atoms with E-state index in [1.54, 1.807) is 30.3 Å². The third-order valence-electron chi connectivity index (χ3n) is 3.27. The van der Waals surface area contributed by atoms with Crippen molar-refractivity contribution in [2.45, 2.75) is 51.3 Å². The van der Waals surface area contributed by atoms with Gasteiger partial charge in [0.25, 0.3) is 0 Å². The van der Waals surface area contributed by atoms with Gasteiger partial charge in [0.1, 0.15) is 5.82 Å². The lowest BCUT2D eigenvalue weighted by Crippen LogP contribution is -2.26. The quantitative estimate of drug-likeness (QED) is 0.682. The van der Waals surface area contributed by atoms with Crippen LogP contribution in [0, 0.1) is 5.82 Å². The lowest BCUT2D eigenvalue weighted by atomic mass is 10.1. The van der Waals surface area contributed by atoms with Crippen LogP contribution in [0.2, 0.25) is 0 Å². The zero-order chi connectivity index (χ0) is 17.0. The standard InChI is InChI=1S/C17H23BrFN3S/c1-12(21-23-17(2,3)4)5-10-16-15(18)11-20-22(16)14-8-6-13(19)7-9-14/h6-9,11-12,21H,5,10H2,1-4H3/t12-/m0/s1. The number of hydrogen-bond acceptors (Lipinski definition) is 3. The Kier molecular flexibility index (Phi) is 6.28. The average molecular weight is 400 g/mol. The highest BCUT2D eigenvalue weighted by Crippen LogP contribution is 2.24. The Morgan fingerprint density at radius 3 is 2.57 bits per heavy atom. The summed E-state index contributed by atoms with van der Waals surface area (Å²) in [6.07, 6.45) is 3.67. The summed E-state index contributed by atoms with van der Waals surface area (Å²) in [5.41, 5.74) is 1.97. The smallest absolute Gasteiger partial charge is 0.123 e. The molecule has 126 valence electrons. The van der Waals surface area contributed by atoms with E-state index >= 15 is 0 Å². The van der Waals surface area contributed by atoms with Crippen LogP contribution >= 0.6 is 27.9 Å². The fourth-order valence-electron chi connectivity index (χ4n) is 2.07. The topological polar surface area (TPSA) is 29.9 Å². The molecule has 0 saturated carbocycles. The van der Waals surface area contributed by atoms with E-state index in [9.17, 15) is 4.39 Å². The minimum absolute atomic E-state index is 0.199. The summed E-state index contributed by atoms with van der Waals surface area (Å²) in [7, 11) is 0. The second-order valence-electron chi connectivity index (χ2n) is 6.60. The van der Waals surface area contributed by atoms with Crippen molar-refractivity contribution in [2.75, 3.05) is 0 Å². The summed E-state index contributed by atoms with van der Waals surface area (Å²) in [5.74, 6) is -0.237. The SMILES string of the molecule is C[C@@H](CCc1c(Br)cnn1-c1ccc(F)cc1)NSC(C)(C)C. The van der Waals surface area contributed by atoms with E-state index in [2.05, 4.69) is 53.4 Å². The molecule has 1 aromatic heterocycles. The van der Waals surface area contributed by atoms with Crippen LogP contribution in [0.1, 0.15) is 39.8 Å². The molecule has 1 aromatic carbocycles. The monoisotopic (exact) mass is 399 g/mol. The van der Waals surface area contributed by atoms with Gasteiger partial charge in [-0.3, -0.25) is 4.72 Å². The van der Waals surface area contributed by atoms with Gasteiger partial charge in [0.2, 0.25) is 0 Å². The van der Waals surface area contributed by atoms with Crippen LogP contribution in [-0.2, 0) is 6.42 Å². The zero-order valence-electron chi connectivity index (χ0n) is 13.9. The molecular weight excluding hydrogens is 377 g/mol. The van der Waals surface area contributed by atoms with Crippen LogP contribution in [0.4, 0.5) is 4.39 Å². The molecule has 0 saturated heterocycles. The minimum atomic E-state index is -0.237. The Labute approximate surface area is 150 Å². The maximum Gasteiger partial charge on any atom is 0.123 e. The van der Waals surface area contributed by atoms with E-state index < -0.39 is 0 Å². The Balaban J connectivity index is 2.03. The van der Waals surface area contributed by atoms with Crippen molar-refractivity contribution < 1.29 is 4.39 Å². The molecule has 0 unspecified atom stereocenters. The molecule has 3 nitrogen and oxygen atoms in total. The Morgan fingerprint density at radius 2 is 1.96 bits per heavy atom. The van der Waals surface area contributed by atoms with Gasteiger partial charge in [-0.1, -0.05) is 11.9 Å². The molecular formula is C17H23BrFN3S. The van der Waals surface area contributed by atoms with Gasteiger partial charge in [0.05, 0.1) is 22.1 Å². The Hall–Kier alpha value is -0.850. The summed E-state index contributed by atoms with van der Waals surface area (Å²) in [6.45, 7) is 8.76. The summed E-state index contributed by atoms with van der Waals surface area (Å²) in [4.78, 5) is 0. The van der Waals surface area contributed by atoms with E-state index in [4.69, 9.17) is 0 Å². The second-order valence-corrected chi connectivity index (χ2v) is 9.12. The highest BCUT2D eigenvalue weighted by Gasteiger charge is 2.15. The number of aromatic nitrogens is 2. The summed E-state index contributed by atoms with van der Waals surface area (Å²) >= 11 is 5.33. The number of rotatable bonds is 6. The molecule has 1 heterocycles. The minimum Gasteiger partial charge on any atom is -0.261 e. The Morgan fingerprint density at radius 1 is 1.30 bits per heavy atom. The number of hydrogen-bond donors (Lipinski definition) is 1. The first kappa shape index (κ1) is 18.5. The summed E-state index contributed by atoms with van der Waals surface area (Å²) < 4.78 is 19.6. The van der Waals surface area contributed by atoms with Gasteiger partial charge in [-0.15, -0.1) is 0 Å². The van der Waals surface area contributed by atoms with Crippen LogP contribution in [0.15, 0.2) is 34.9 Å². The highest BCUT2D eigenvalue weighted by atomic mass is 79.9. The van der Waals surface area contributed by atoms with Gasteiger partial charge in [0.15, 0.2) is 0 Å². The molecule has 0 spiro atoms. The van der Waals surface area contributed by atoms with Crippen molar-refractivity contribution in [2.24, 2.45) is 0 Å². The number of nitrogens with zero attached hydrogens (tertiary/aromatic N) is 2. The van der Waals surface area contributed by atoms with Crippen LogP contribution in [0.3, 0.4) is 0 Å². The van der Waals surface area contributed by atoms with Gasteiger partial charge in [-0.2, -0.15) is 5.10 Å². The predicted octanol–water partition coefficient (Wildman–Crippen LogP) is 5.13. The summed E-state index contributed by atoms with van der Waals surface area (Å²) in [6, 6.07) is 6.80. The fourth-order valence-corrected chi connectivity index (χ4v) is 3.20. The van der Waals surface area contributed by atoms with Gasteiger partial charge < -0.3 is 0 Å². The lowest BCUT2D eigenvalue weighted by molar-refractivity contribution is 0.605. The van der Waals surface area contributed by atoms with E-state index in [0.717, 1.165) is 28.7 Å². The molecule has 1 atom stereocenters. The molecule has 0 bridgehead atoms. The van der Waals surface area contributed by atoms with E-state index in [1.165, 1.54) is 12.1 Å². The van der Waals surface area contributed by atoms with Crippen molar-refractivity contribution in [3.8, 4) is 5.69 Å². The van der Waals surface area contributed by atoms with Crippen molar-refractivity contribution in [3.63, 3.8) is 0 Å². The Bertz CT molecular complexity index is 634. The molecule has 0 aliphatic rings.